The molecule has 0 aliphatic heterocycles. The van der Waals surface area contributed by atoms with Crippen LogP contribution in [-0.4, -0.2) is 28.2 Å². The number of aromatic nitrogens is 1. The quantitative estimate of drug-likeness (QED) is 0.565. The zero-order valence-corrected chi connectivity index (χ0v) is 15.8. The van der Waals surface area contributed by atoms with Gasteiger partial charge in [0.15, 0.2) is 6.04 Å². The van der Waals surface area contributed by atoms with Crippen LogP contribution in [0, 0.1) is 13.8 Å². The van der Waals surface area contributed by atoms with Gasteiger partial charge in [0.25, 0.3) is 0 Å². The third-order valence-corrected chi connectivity index (χ3v) is 4.66. The third kappa shape index (κ3) is 3.54. The van der Waals surface area contributed by atoms with Crippen molar-refractivity contribution >= 4 is 28.3 Å². The highest BCUT2D eigenvalue weighted by Gasteiger charge is 2.25. The number of carbonyl (C=O) groups is 1. The number of rotatable bonds is 5. The number of hydrogen-bond donors (Lipinski definition) is 3. The Labute approximate surface area is 161 Å². The highest BCUT2D eigenvalue weighted by atomic mass is 35.5. The number of nitrogens with zero attached hydrogens (tertiary/aromatic N) is 1. The molecule has 0 saturated heterocycles. The molecule has 3 N–H and O–H groups in total. The van der Waals surface area contributed by atoms with E-state index in [1.54, 1.807) is 18.2 Å². The minimum Gasteiger partial charge on any atom is -0.505 e. The van der Waals surface area contributed by atoms with Crippen LogP contribution in [0.3, 0.4) is 0 Å². The van der Waals surface area contributed by atoms with Gasteiger partial charge >= 0.3 is 5.97 Å². The van der Waals surface area contributed by atoms with E-state index in [2.05, 4.69) is 10.3 Å². The van der Waals surface area contributed by atoms with Crippen molar-refractivity contribution in [1.82, 2.24) is 10.3 Å². The van der Waals surface area contributed by atoms with E-state index in [0.717, 1.165) is 16.9 Å². The molecule has 0 aliphatic rings. The first kappa shape index (κ1) is 18.9. The zero-order chi connectivity index (χ0) is 19.7. The lowest BCUT2D eigenvalue weighted by atomic mass is 10.1. The lowest BCUT2D eigenvalue weighted by Crippen LogP contribution is -2.26. The molecule has 1 aromatic heterocycles. The summed E-state index contributed by atoms with van der Waals surface area (Å²) in [5.74, 6) is -0.0949. The summed E-state index contributed by atoms with van der Waals surface area (Å²) in [5.41, 5.74) is 1.96. The number of hydrogen-bond acceptors (Lipinski definition) is 5. The van der Waals surface area contributed by atoms with E-state index < -0.39 is 12.0 Å². The fourth-order valence-electron chi connectivity index (χ4n) is 2.98. The second-order valence-corrected chi connectivity index (χ2v) is 6.58. The molecule has 3 rings (SSSR count). The molecule has 6 nitrogen and oxygen atoms in total. The molecule has 1 heterocycles. The highest BCUT2D eigenvalue weighted by Crippen LogP contribution is 2.38. The van der Waals surface area contributed by atoms with Gasteiger partial charge in [-0.25, -0.2) is 4.98 Å². The van der Waals surface area contributed by atoms with Gasteiger partial charge < -0.3 is 20.3 Å². The van der Waals surface area contributed by atoms with Crippen molar-refractivity contribution in [1.29, 1.82) is 0 Å². The molecule has 1 unspecified atom stereocenters. The lowest BCUT2D eigenvalue weighted by Gasteiger charge is -2.16. The summed E-state index contributed by atoms with van der Waals surface area (Å²) in [7, 11) is 1.47. The van der Waals surface area contributed by atoms with Crippen molar-refractivity contribution in [3.63, 3.8) is 0 Å². The number of para-hydroxylation sites is 1. The van der Waals surface area contributed by atoms with Crippen LogP contribution < -0.4 is 10.1 Å². The number of aryl methyl sites for hydroxylation is 2. The molecule has 7 heteroatoms. The van der Waals surface area contributed by atoms with Crippen LogP contribution in [-0.2, 0) is 4.79 Å². The monoisotopic (exact) mass is 386 g/mol. The maximum absolute atomic E-state index is 11.4. The van der Waals surface area contributed by atoms with Gasteiger partial charge in [0, 0.05) is 10.8 Å². The van der Waals surface area contributed by atoms with Gasteiger partial charge in [-0.3, -0.25) is 4.79 Å². The lowest BCUT2D eigenvalue weighted by molar-refractivity contribution is -0.139. The molecular weight excluding hydrogens is 368 g/mol. The van der Waals surface area contributed by atoms with Gasteiger partial charge in [0.05, 0.1) is 0 Å². The van der Waals surface area contributed by atoms with Crippen LogP contribution in [0.15, 0.2) is 36.4 Å². The standard InChI is InChI=1S/C20H19ClN2O4/c1-10-5-4-6-11(2)18(10)27-12-7-8-13-14(9-12)19(21)23-15(17(13)24)16(22-3)20(25)26/h4-9,16,22,24H,1-3H3,(H,25,26). The Balaban J connectivity index is 2.09. The number of fused-ring (bicyclic) bond motifs is 1. The number of pyridine rings is 1. The summed E-state index contributed by atoms with van der Waals surface area (Å²) < 4.78 is 6.01. The fourth-order valence-corrected chi connectivity index (χ4v) is 3.22. The van der Waals surface area contributed by atoms with Gasteiger partial charge in [-0.05, 0) is 50.2 Å². The van der Waals surface area contributed by atoms with E-state index in [-0.39, 0.29) is 16.6 Å². The van der Waals surface area contributed by atoms with Gasteiger partial charge in [-0.2, -0.15) is 0 Å². The number of halogens is 1. The maximum atomic E-state index is 11.4. The highest BCUT2D eigenvalue weighted by molar-refractivity contribution is 6.34. The Morgan fingerprint density at radius 3 is 2.44 bits per heavy atom. The molecular formula is C20H19ClN2O4. The Hall–Kier alpha value is -2.83. The van der Waals surface area contributed by atoms with Crippen molar-refractivity contribution in [2.45, 2.75) is 19.9 Å². The van der Waals surface area contributed by atoms with Crippen molar-refractivity contribution in [2.75, 3.05) is 7.05 Å². The normalized spacial score (nSPS) is 12.1. The fraction of sp³-hybridized carbons (Fsp3) is 0.200. The molecule has 1 atom stereocenters. The van der Waals surface area contributed by atoms with Crippen LogP contribution in [0.4, 0.5) is 0 Å². The van der Waals surface area contributed by atoms with E-state index in [1.165, 1.54) is 7.05 Å². The number of aromatic hydroxyl groups is 1. The molecule has 0 spiro atoms. The van der Waals surface area contributed by atoms with Crippen LogP contribution in [0.1, 0.15) is 22.9 Å². The molecule has 0 bridgehead atoms. The first-order chi connectivity index (χ1) is 12.8. The summed E-state index contributed by atoms with van der Waals surface area (Å²) >= 11 is 6.28. The second kappa shape index (κ2) is 7.42. The molecule has 2 aromatic carbocycles. The second-order valence-electron chi connectivity index (χ2n) is 6.23. The van der Waals surface area contributed by atoms with Crippen molar-refractivity contribution in [3.05, 3.63) is 58.4 Å². The number of carboxylic acid groups (broad SMARTS) is 1. The zero-order valence-electron chi connectivity index (χ0n) is 15.1. The average molecular weight is 387 g/mol. The number of carboxylic acids is 1. The van der Waals surface area contributed by atoms with Gasteiger partial charge in [0.2, 0.25) is 0 Å². The Bertz CT molecular complexity index is 1020. The van der Waals surface area contributed by atoms with Gasteiger partial charge in [0.1, 0.15) is 28.1 Å². The molecule has 140 valence electrons. The van der Waals surface area contributed by atoms with E-state index in [9.17, 15) is 15.0 Å². The van der Waals surface area contributed by atoms with E-state index in [1.807, 2.05) is 32.0 Å². The predicted octanol–water partition coefficient (Wildman–Crippen LogP) is 4.35. The summed E-state index contributed by atoms with van der Waals surface area (Å²) in [6, 6.07) is 9.72. The van der Waals surface area contributed by atoms with Crippen molar-refractivity contribution in [2.24, 2.45) is 0 Å². The minimum absolute atomic E-state index is 0.0362. The summed E-state index contributed by atoms with van der Waals surface area (Å²) in [6.07, 6.45) is 0. The predicted molar refractivity (Wildman–Crippen MR) is 104 cm³/mol. The first-order valence-electron chi connectivity index (χ1n) is 8.29. The number of benzene rings is 2. The molecule has 27 heavy (non-hydrogen) atoms. The summed E-state index contributed by atoms with van der Waals surface area (Å²) in [4.78, 5) is 15.5. The average Bonchev–Trinajstić information content (AvgIpc) is 2.62. The molecule has 0 amide bonds. The minimum atomic E-state index is -1.17. The number of likely N-dealkylation sites (N-methyl/N-ethyl adjacent to an activating group) is 1. The van der Waals surface area contributed by atoms with Crippen LogP contribution >= 0.6 is 11.6 Å². The molecule has 0 radical (unpaired) electrons. The number of nitrogens with one attached hydrogen (secondary N) is 1. The molecule has 0 aliphatic carbocycles. The Kier molecular flexibility index (Phi) is 5.21. The van der Waals surface area contributed by atoms with Crippen LogP contribution in [0.5, 0.6) is 17.2 Å². The number of aliphatic carboxylic acids is 1. The Morgan fingerprint density at radius 1 is 1.19 bits per heavy atom. The SMILES string of the molecule is CNC(C(=O)O)c1nc(Cl)c2cc(Oc3c(C)cccc3C)ccc2c1O. The smallest absolute Gasteiger partial charge is 0.327 e. The largest absolute Gasteiger partial charge is 0.505 e. The topological polar surface area (TPSA) is 91.7 Å². The molecule has 0 saturated carbocycles. The number of ether oxygens (including phenoxy) is 1. The first-order valence-corrected chi connectivity index (χ1v) is 8.67. The summed E-state index contributed by atoms with van der Waals surface area (Å²) in [5, 5.41) is 23.4. The maximum Gasteiger partial charge on any atom is 0.327 e. The van der Waals surface area contributed by atoms with Crippen LogP contribution in [0.25, 0.3) is 10.8 Å². The Morgan fingerprint density at radius 2 is 1.85 bits per heavy atom. The van der Waals surface area contributed by atoms with Crippen molar-refractivity contribution in [3.8, 4) is 17.2 Å². The van der Waals surface area contributed by atoms with Crippen molar-refractivity contribution < 1.29 is 19.7 Å². The van der Waals surface area contributed by atoms with Crippen LogP contribution in [0.2, 0.25) is 5.15 Å². The third-order valence-electron chi connectivity index (χ3n) is 4.37. The van der Waals surface area contributed by atoms with Gasteiger partial charge in [-0.1, -0.05) is 29.8 Å². The molecule has 0 fully saturated rings. The van der Waals surface area contributed by atoms with Gasteiger partial charge in [-0.15, -0.1) is 0 Å². The summed E-state index contributed by atoms with van der Waals surface area (Å²) in [6.45, 7) is 3.92. The van der Waals surface area contributed by atoms with E-state index in [4.69, 9.17) is 16.3 Å². The van der Waals surface area contributed by atoms with E-state index >= 15 is 0 Å². The van der Waals surface area contributed by atoms with E-state index in [0.29, 0.717) is 16.5 Å². The molecule has 3 aromatic rings.